The van der Waals surface area contributed by atoms with Gasteiger partial charge in [-0.2, -0.15) is 0 Å². The van der Waals surface area contributed by atoms with Crippen LogP contribution in [0.25, 0.3) is 0 Å². The topological polar surface area (TPSA) is 97.3 Å². The Kier molecular flexibility index (Phi) is 4.41. The average Bonchev–Trinajstić information content (AvgIpc) is 2.39. The van der Waals surface area contributed by atoms with Crippen LogP contribution < -0.4 is 5.73 Å². The van der Waals surface area contributed by atoms with E-state index in [1.165, 1.54) is 18.0 Å². The predicted octanol–water partition coefficient (Wildman–Crippen LogP) is 2.39. The van der Waals surface area contributed by atoms with Gasteiger partial charge in [0.1, 0.15) is 5.03 Å². The highest BCUT2D eigenvalue weighted by Crippen LogP contribution is 2.31. The maximum Gasteiger partial charge on any atom is 0.194 e. The Bertz CT molecular complexity index is 657. The van der Waals surface area contributed by atoms with Gasteiger partial charge in [-0.15, -0.1) is 0 Å². The molecule has 0 aromatic carbocycles. The number of aryl methyl sites for hydroxylation is 2. The van der Waals surface area contributed by atoms with Crippen LogP contribution in [-0.2, 0) is 0 Å². The molecule has 104 valence electrons. The minimum atomic E-state index is -0.0689. The van der Waals surface area contributed by atoms with Crippen molar-refractivity contribution in [2.45, 2.75) is 24.0 Å². The zero-order valence-corrected chi connectivity index (χ0v) is 12.4. The van der Waals surface area contributed by atoms with Gasteiger partial charge < -0.3 is 10.9 Å². The van der Waals surface area contributed by atoms with Gasteiger partial charge in [0.25, 0.3) is 0 Å². The minimum absolute atomic E-state index is 0.0689. The first kappa shape index (κ1) is 14.5. The van der Waals surface area contributed by atoms with Crippen LogP contribution in [0.3, 0.4) is 0 Å². The number of halogens is 1. The lowest BCUT2D eigenvalue weighted by molar-refractivity contribution is 0.318. The van der Waals surface area contributed by atoms with Crippen LogP contribution >= 0.6 is 23.4 Å². The van der Waals surface area contributed by atoms with E-state index in [2.05, 4.69) is 20.1 Å². The molecule has 6 nitrogen and oxygen atoms in total. The molecule has 0 bridgehead atoms. The molecule has 0 radical (unpaired) electrons. The summed E-state index contributed by atoms with van der Waals surface area (Å²) in [5.74, 6) is -0.0689. The summed E-state index contributed by atoms with van der Waals surface area (Å²) in [6, 6.07) is 3.45. The standard InChI is InChI=1S/C12H12ClN5OS/c1-6-5-7(2)17-12(16-6)20-11-9(13)8(3-4-15-11)10(14)18-19/h3-5,19H,1-2H3,(H2,14,18). The quantitative estimate of drug-likeness (QED) is 0.297. The first-order valence-corrected chi connectivity index (χ1v) is 6.83. The third-order valence-corrected chi connectivity index (χ3v) is 3.75. The van der Waals surface area contributed by atoms with Crippen molar-refractivity contribution < 1.29 is 5.21 Å². The number of pyridine rings is 1. The molecular formula is C12H12ClN5OS. The first-order valence-electron chi connectivity index (χ1n) is 5.64. The summed E-state index contributed by atoms with van der Waals surface area (Å²) in [5.41, 5.74) is 7.69. The van der Waals surface area contributed by atoms with E-state index >= 15 is 0 Å². The third kappa shape index (κ3) is 3.17. The van der Waals surface area contributed by atoms with Crippen molar-refractivity contribution >= 4 is 29.2 Å². The zero-order chi connectivity index (χ0) is 14.7. The molecule has 2 aromatic rings. The summed E-state index contributed by atoms with van der Waals surface area (Å²) < 4.78 is 0. The molecule has 0 fully saturated rings. The van der Waals surface area contributed by atoms with E-state index in [1.54, 1.807) is 6.07 Å². The second-order valence-corrected chi connectivity index (χ2v) is 5.33. The number of rotatable bonds is 3. The molecule has 0 aliphatic rings. The van der Waals surface area contributed by atoms with Crippen LogP contribution in [0.5, 0.6) is 0 Å². The van der Waals surface area contributed by atoms with Crippen LogP contribution in [0.1, 0.15) is 17.0 Å². The smallest absolute Gasteiger partial charge is 0.194 e. The average molecular weight is 310 g/mol. The number of nitrogens with zero attached hydrogens (tertiary/aromatic N) is 4. The number of nitrogens with two attached hydrogens (primary N) is 1. The SMILES string of the molecule is Cc1cc(C)nc(Sc2nccc(/C(N)=N/O)c2Cl)n1. The van der Waals surface area contributed by atoms with E-state index in [0.717, 1.165) is 11.4 Å². The van der Waals surface area contributed by atoms with E-state index in [1.807, 2.05) is 19.9 Å². The lowest BCUT2D eigenvalue weighted by Crippen LogP contribution is -2.14. The van der Waals surface area contributed by atoms with Crippen LogP contribution in [0, 0.1) is 13.8 Å². The molecule has 0 saturated heterocycles. The molecule has 2 heterocycles. The van der Waals surface area contributed by atoms with Crippen LogP contribution in [0.15, 0.2) is 33.7 Å². The van der Waals surface area contributed by atoms with Crippen molar-refractivity contribution in [3.05, 3.63) is 40.3 Å². The van der Waals surface area contributed by atoms with Crippen molar-refractivity contribution in [2.24, 2.45) is 10.9 Å². The highest BCUT2D eigenvalue weighted by molar-refractivity contribution is 7.99. The van der Waals surface area contributed by atoms with Gasteiger partial charge in [-0.05, 0) is 37.7 Å². The van der Waals surface area contributed by atoms with Gasteiger partial charge in [-0.3, -0.25) is 0 Å². The summed E-state index contributed by atoms with van der Waals surface area (Å²) in [7, 11) is 0. The third-order valence-electron chi connectivity index (χ3n) is 2.39. The molecule has 0 unspecified atom stereocenters. The van der Waals surface area contributed by atoms with Crippen molar-refractivity contribution in [1.82, 2.24) is 15.0 Å². The Labute approximate surface area is 125 Å². The Balaban J connectivity index is 2.39. The second-order valence-electron chi connectivity index (χ2n) is 4.00. The Morgan fingerprint density at radius 1 is 1.35 bits per heavy atom. The number of aromatic nitrogens is 3. The van der Waals surface area contributed by atoms with Gasteiger partial charge >= 0.3 is 0 Å². The van der Waals surface area contributed by atoms with Crippen molar-refractivity contribution in [3.63, 3.8) is 0 Å². The summed E-state index contributed by atoms with van der Waals surface area (Å²) in [5, 5.41) is 13.0. The first-order chi connectivity index (χ1) is 9.51. The van der Waals surface area contributed by atoms with E-state index in [9.17, 15) is 0 Å². The molecular weight excluding hydrogens is 298 g/mol. The molecule has 20 heavy (non-hydrogen) atoms. The molecule has 0 atom stereocenters. The van der Waals surface area contributed by atoms with Gasteiger partial charge in [0.05, 0.1) is 5.02 Å². The summed E-state index contributed by atoms with van der Waals surface area (Å²) >= 11 is 7.43. The number of amidine groups is 1. The number of hydrogen-bond acceptors (Lipinski definition) is 6. The Hall–Kier alpha value is -1.86. The summed E-state index contributed by atoms with van der Waals surface area (Å²) in [4.78, 5) is 12.8. The monoisotopic (exact) mass is 309 g/mol. The lowest BCUT2D eigenvalue weighted by atomic mass is 10.2. The van der Waals surface area contributed by atoms with Gasteiger partial charge in [0.15, 0.2) is 11.0 Å². The largest absolute Gasteiger partial charge is 0.409 e. The lowest BCUT2D eigenvalue weighted by Gasteiger charge is -2.07. The number of oxime groups is 1. The maximum atomic E-state index is 8.72. The van der Waals surface area contributed by atoms with Crippen molar-refractivity contribution in [1.29, 1.82) is 0 Å². The fourth-order valence-electron chi connectivity index (χ4n) is 1.57. The van der Waals surface area contributed by atoms with Gasteiger partial charge in [0.2, 0.25) is 0 Å². The van der Waals surface area contributed by atoms with E-state index in [4.69, 9.17) is 22.5 Å². The summed E-state index contributed by atoms with van der Waals surface area (Å²) in [6.07, 6.45) is 1.53. The number of hydrogen-bond donors (Lipinski definition) is 2. The highest BCUT2D eigenvalue weighted by atomic mass is 35.5. The Morgan fingerprint density at radius 2 is 2.00 bits per heavy atom. The summed E-state index contributed by atoms with van der Waals surface area (Å²) in [6.45, 7) is 3.78. The second kappa shape index (κ2) is 6.06. The van der Waals surface area contributed by atoms with Crippen LogP contribution in [0.4, 0.5) is 0 Å². The molecule has 0 aliphatic carbocycles. The van der Waals surface area contributed by atoms with Crippen LogP contribution in [0.2, 0.25) is 5.02 Å². The minimum Gasteiger partial charge on any atom is -0.409 e. The molecule has 2 aromatic heterocycles. The van der Waals surface area contributed by atoms with Crippen molar-refractivity contribution in [3.8, 4) is 0 Å². The Morgan fingerprint density at radius 3 is 2.60 bits per heavy atom. The molecule has 0 saturated carbocycles. The van der Waals surface area contributed by atoms with E-state index in [-0.39, 0.29) is 5.84 Å². The zero-order valence-electron chi connectivity index (χ0n) is 10.8. The highest BCUT2D eigenvalue weighted by Gasteiger charge is 2.13. The molecule has 2 rings (SSSR count). The maximum absolute atomic E-state index is 8.72. The van der Waals surface area contributed by atoms with Gasteiger partial charge in [-0.25, -0.2) is 15.0 Å². The van der Waals surface area contributed by atoms with Gasteiger partial charge in [-0.1, -0.05) is 16.8 Å². The van der Waals surface area contributed by atoms with Crippen molar-refractivity contribution in [2.75, 3.05) is 0 Å². The molecule has 0 spiro atoms. The molecule has 0 amide bonds. The predicted molar refractivity (Wildman–Crippen MR) is 77.4 cm³/mol. The van der Waals surface area contributed by atoms with E-state index < -0.39 is 0 Å². The van der Waals surface area contributed by atoms with E-state index in [0.29, 0.717) is 20.8 Å². The molecule has 0 aliphatic heterocycles. The molecule has 3 N–H and O–H groups in total. The molecule has 8 heteroatoms. The van der Waals surface area contributed by atoms with Gasteiger partial charge in [0, 0.05) is 23.1 Å². The fraction of sp³-hybridized carbons (Fsp3) is 0.167. The fourth-order valence-corrected chi connectivity index (χ4v) is 2.76. The normalized spacial score (nSPS) is 11.7. The van der Waals surface area contributed by atoms with Crippen LogP contribution in [-0.4, -0.2) is 26.0 Å².